The van der Waals surface area contributed by atoms with Crippen LogP contribution in [-0.2, 0) is 11.3 Å². The lowest BCUT2D eigenvalue weighted by atomic mass is 10.2. The van der Waals surface area contributed by atoms with Crippen molar-refractivity contribution in [3.63, 3.8) is 0 Å². The van der Waals surface area contributed by atoms with Crippen LogP contribution in [0.1, 0.15) is 11.1 Å². The summed E-state index contributed by atoms with van der Waals surface area (Å²) in [4.78, 5) is 0. The summed E-state index contributed by atoms with van der Waals surface area (Å²) in [6.45, 7) is 2.86. The molecule has 0 saturated carbocycles. The zero-order chi connectivity index (χ0) is 12.8. The van der Waals surface area contributed by atoms with Gasteiger partial charge in [-0.05, 0) is 36.2 Å². The molecule has 0 unspecified atom stereocenters. The van der Waals surface area contributed by atoms with Crippen LogP contribution in [0.2, 0.25) is 0 Å². The molecule has 0 atom stereocenters. The first-order valence-corrected chi connectivity index (χ1v) is 6.55. The summed E-state index contributed by atoms with van der Waals surface area (Å²) in [5.74, 6) is 0.823. The highest BCUT2D eigenvalue weighted by Crippen LogP contribution is 2.21. The lowest BCUT2D eigenvalue weighted by Crippen LogP contribution is -2.03. The van der Waals surface area contributed by atoms with Gasteiger partial charge in [-0.3, -0.25) is 0 Å². The van der Waals surface area contributed by atoms with E-state index in [1.54, 1.807) is 0 Å². The maximum Gasteiger partial charge on any atom is 0.189 e. The first-order chi connectivity index (χ1) is 8.75. The molecule has 0 amide bonds. The van der Waals surface area contributed by atoms with Crippen molar-refractivity contribution in [2.75, 3.05) is 6.79 Å². The number of halogens is 1. The van der Waals surface area contributed by atoms with Gasteiger partial charge in [-0.1, -0.05) is 46.3 Å². The average molecular weight is 307 g/mol. The Bertz CT molecular complexity index is 497. The van der Waals surface area contributed by atoms with Crippen LogP contribution in [0.15, 0.2) is 53.0 Å². The standard InChI is InChI=1S/C15H15BrO2/c1-12-9-14(7-8-15(12)16)18-11-17-10-13-5-3-2-4-6-13/h2-9H,10-11H2,1H3. The monoisotopic (exact) mass is 306 g/mol. The summed E-state index contributed by atoms with van der Waals surface area (Å²) in [5.41, 5.74) is 2.30. The van der Waals surface area contributed by atoms with Crippen molar-refractivity contribution < 1.29 is 9.47 Å². The fraction of sp³-hybridized carbons (Fsp3) is 0.200. The molecule has 0 aliphatic heterocycles. The van der Waals surface area contributed by atoms with Crippen molar-refractivity contribution >= 4 is 15.9 Å². The van der Waals surface area contributed by atoms with Crippen LogP contribution < -0.4 is 4.74 Å². The molecule has 0 bridgehead atoms. The van der Waals surface area contributed by atoms with Crippen molar-refractivity contribution in [1.82, 2.24) is 0 Å². The van der Waals surface area contributed by atoms with Crippen LogP contribution in [0.5, 0.6) is 5.75 Å². The summed E-state index contributed by atoms with van der Waals surface area (Å²) in [7, 11) is 0. The van der Waals surface area contributed by atoms with Gasteiger partial charge in [0.15, 0.2) is 6.79 Å². The van der Waals surface area contributed by atoms with Crippen LogP contribution >= 0.6 is 15.9 Å². The van der Waals surface area contributed by atoms with E-state index in [1.165, 1.54) is 0 Å². The summed E-state index contributed by atoms with van der Waals surface area (Å²) in [5, 5.41) is 0. The molecule has 2 aromatic rings. The Morgan fingerprint density at radius 1 is 1.06 bits per heavy atom. The van der Waals surface area contributed by atoms with E-state index in [2.05, 4.69) is 15.9 Å². The summed E-state index contributed by atoms with van der Waals surface area (Å²) in [6, 6.07) is 15.9. The SMILES string of the molecule is Cc1cc(OCOCc2ccccc2)ccc1Br. The van der Waals surface area contributed by atoms with Crippen LogP contribution in [0.25, 0.3) is 0 Å². The van der Waals surface area contributed by atoms with Gasteiger partial charge < -0.3 is 9.47 Å². The smallest absolute Gasteiger partial charge is 0.189 e. The van der Waals surface area contributed by atoms with Crippen molar-refractivity contribution in [1.29, 1.82) is 0 Å². The van der Waals surface area contributed by atoms with E-state index in [-0.39, 0.29) is 6.79 Å². The third-order valence-corrected chi connectivity index (χ3v) is 3.44. The lowest BCUT2D eigenvalue weighted by Gasteiger charge is -2.08. The van der Waals surface area contributed by atoms with E-state index >= 15 is 0 Å². The second-order valence-electron chi connectivity index (χ2n) is 4.01. The molecule has 0 aliphatic carbocycles. The molecule has 2 nitrogen and oxygen atoms in total. The first kappa shape index (κ1) is 13.1. The number of ether oxygens (including phenoxy) is 2. The topological polar surface area (TPSA) is 18.5 Å². The molecule has 0 aromatic heterocycles. The molecule has 18 heavy (non-hydrogen) atoms. The molecule has 0 spiro atoms. The van der Waals surface area contributed by atoms with Crippen LogP contribution in [0.4, 0.5) is 0 Å². The molecule has 0 heterocycles. The van der Waals surface area contributed by atoms with Gasteiger partial charge in [-0.15, -0.1) is 0 Å². The Hall–Kier alpha value is -1.32. The highest BCUT2D eigenvalue weighted by atomic mass is 79.9. The fourth-order valence-electron chi connectivity index (χ4n) is 1.55. The summed E-state index contributed by atoms with van der Waals surface area (Å²) >= 11 is 3.45. The van der Waals surface area contributed by atoms with E-state index in [4.69, 9.17) is 9.47 Å². The van der Waals surface area contributed by atoms with Crippen LogP contribution in [0.3, 0.4) is 0 Å². The minimum absolute atomic E-state index is 0.260. The normalized spacial score (nSPS) is 10.3. The average Bonchev–Trinajstić information content (AvgIpc) is 2.40. The highest BCUT2D eigenvalue weighted by molar-refractivity contribution is 9.10. The van der Waals surface area contributed by atoms with E-state index in [0.29, 0.717) is 6.61 Å². The summed E-state index contributed by atoms with van der Waals surface area (Å²) < 4.78 is 12.1. The van der Waals surface area contributed by atoms with Crippen molar-refractivity contribution in [3.05, 3.63) is 64.1 Å². The minimum Gasteiger partial charge on any atom is -0.468 e. The number of rotatable bonds is 5. The van der Waals surface area contributed by atoms with Gasteiger partial charge in [0.2, 0.25) is 0 Å². The van der Waals surface area contributed by atoms with E-state index in [0.717, 1.165) is 21.3 Å². The van der Waals surface area contributed by atoms with Crippen LogP contribution in [-0.4, -0.2) is 6.79 Å². The van der Waals surface area contributed by atoms with Gasteiger partial charge in [0.25, 0.3) is 0 Å². The molecular weight excluding hydrogens is 292 g/mol. The van der Waals surface area contributed by atoms with Gasteiger partial charge in [-0.2, -0.15) is 0 Å². The maximum absolute atomic E-state index is 5.52. The molecule has 94 valence electrons. The molecule has 0 aliphatic rings. The molecule has 0 radical (unpaired) electrons. The molecule has 0 N–H and O–H groups in total. The Balaban J connectivity index is 1.77. The Morgan fingerprint density at radius 3 is 2.56 bits per heavy atom. The maximum atomic E-state index is 5.52. The van der Waals surface area contributed by atoms with Crippen molar-refractivity contribution in [2.24, 2.45) is 0 Å². The van der Waals surface area contributed by atoms with E-state index in [9.17, 15) is 0 Å². The Labute approximate surface area is 116 Å². The molecular formula is C15H15BrO2. The number of hydrogen-bond donors (Lipinski definition) is 0. The lowest BCUT2D eigenvalue weighted by molar-refractivity contribution is 0.00502. The van der Waals surface area contributed by atoms with Crippen molar-refractivity contribution in [2.45, 2.75) is 13.5 Å². The van der Waals surface area contributed by atoms with Crippen LogP contribution in [0, 0.1) is 6.92 Å². The molecule has 0 saturated heterocycles. The second kappa shape index (κ2) is 6.57. The largest absolute Gasteiger partial charge is 0.468 e. The predicted octanol–water partition coefficient (Wildman–Crippen LogP) is 4.31. The predicted molar refractivity (Wildman–Crippen MR) is 75.6 cm³/mol. The zero-order valence-electron chi connectivity index (χ0n) is 10.2. The highest BCUT2D eigenvalue weighted by Gasteiger charge is 1.98. The third-order valence-electron chi connectivity index (χ3n) is 2.55. The Kier molecular flexibility index (Phi) is 4.79. The quantitative estimate of drug-likeness (QED) is 0.605. The molecule has 2 rings (SSSR count). The van der Waals surface area contributed by atoms with E-state index in [1.807, 2.05) is 55.5 Å². The minimum atomic E-state index is 0.260. The van der Waals surface area contributed by atoms with Gasteiger partial charge in [-0.25, -0.2) is 0 Å². The second-order valence-corrected chi connectivity index (χ2v) is 4.86. The number of benzene rings is 2. The van der Waals surface area contributed by atoms with Gasteiger partial charge >= 0.3 is 0 Å². The fourth-order valence-corrected chi connectivity index (χ4v) is 1.80. The third kappa shape index (κ3) is 3.86. The summed E-state index contributed by atoms with van der Waals surface area (Å²) in [6.07, 6.45) is 0. The van der Waals surface area contributed by atoms with Crippen molar-refractivity contribution in [3.8, 4) is 5.75 Å². The van der Waals surface area contributed by atoms with Gasteiger partial charge in [0.05, 0.1) is 6.61 Å². The van der Waals surface area contributed by atoms with E-state index < -0.39 is 0 Å². The van der Waals surface area contributed by atoms with Gasteiger partial charge in [0, 0.05) is 4.47 Å². The first-order valence-electron chi connectivity index (χ1n) is 5.76. The Morgan fingerprint density at radius 2 is 1.83 bits per heavy atom. The molecule has 3 heteroatoms. The molecule has 0 fully saturated rings. The zero-order valence-corrected chi connectivity index (χ0v) is 11.8. The number of hydrogen-bond acceptors (Lipinski definition) is 2. The molecule has 2 aromatic carbocycles. The van der Waals surface area contributed by atoms with Gasteiger partial charge in [0.1, 0.15) is 5.75 Å². The number of aryl methyl sites for hydroxylation is 1.